The highest BCUT2D eigenvalue weighted by Crippen LogP contribution is 2.31. The van der Waals surface area contributed by atoms with Gasteiger partial charge in [0.15, 0.2) is 0 Å². The zero-order valence-corrected chi connectivity index (χ0v) is 14.9. The van der Waals surface area contributed by atoms with Gasteiger partial charge in [-0.2, -0.15) is 0 Å². The number of rotatable bonds is 3. The number of aryl methyl sites for hydroxylation is 2. The number of hydrogen-bond donors (Lipinski definition) is 2. The first kappa shape index (κ1) is 15.7. The van der Waals surface area contributed by atoms with Crippen molar-refractivity contribution in [1.82, 2.24) is 19.9 Å². The van der Waals surface area contributed by atoms with E-state index >= 15 is 0 Å². The molecule has 1 saturated carbocycles. The van der Waals surface area contributed by atoms with Gasteiger partial charge in [-0.1, -0.05) is 0 Å². The highest BCUT2D eigenvalue weighted by molar-refractivity contribution is 5.99. The molecule has 1 aromatic carbocycles. The Morgan fingerprint density at radius 3 is 3.00 bits per heavy atom. The summed E-state index contributed by atoms with van der Waals surface area (Å²) >= 11 is 0. The van der Waals surface area contributed by atoms with Crippen LogP contribution in [0.5, 0.6) is 0 Å². The Morgan fingerprint density at radius 1 is 1.19 bits per heavy atom. The van der Waals surface area contributed by atoms with Crippen molar-refractivity contribution in [3.8, 4) is 0 Å². The molecule has 5 rings (SSSR count). The van der Waals surface area contributed by atoms with E-state index in [0.29, 0.717) is 6.04 Å². The minimum Gasteiger partial charge on any atom is -0.358 e. The van der Waals surface area contributed by atoms with E-state index in [0.717, 1.165) is 43.2 Å². The Morgan fingerprint density at radius 2 is 2.12 bits per heavy atom. The number of amides is 1. The molecule has 0 bridgehead atoms. The fraction of sp³-hybridized carbons (Fsp3) is 0.429. The van der Waals surface area contributed by atoms with E-state index in [9.17, 15) is 4.79 Å². The average molecular weight is 348 g/mol. The molecule has 2 aliphatic carbocycles. The molecule has 2 N–H and O–H groups in total. The average Bonchev–Trinajstić information content (AvgIpc) is 3.40. The predicted octanol–water partition coefficient (Wildman–Crippen LogP) is 3.77. The molecule has 2 atom stereocenters. The standard InChI is InChI=1S/C21H24N4O/c26-21(24-19-6-3-7-20(19)25-11-10-22-13-25)14-8-9-18-16(12-14)15-4-1-2-5-17(15)23-18/h8-13,19-20,23H,1-7H2,(H,24,26). The number of benzene rings is 1. The Bertz CT molecular complexity index is 940. The van der Waals surface area contributed by atoms with Gasteiger partial charge in [0.25, 0.3) is 5.91 Å². The van der Waals surface area contributed by atoms with Crippen LogP contribution in [-0.2, 0) is 12.8 Å². The summed E-state index contributed by atoms with van der Waals surface area (Å²) in [5, 5.41) is 4.50. The third kappa shape index (κ3) is 2.62. The van der Waals surface area contributed by atoms with Crippen LogP contribution in [0.2, 0.25) is 0 Å². The highest BCUT2D eigenvalue weighted by atomic mass is 16.1. The maximum absolute atomic E-state index is 12.9. The number of hydrogen-bond acceptors (Lipinski definition) is 2. The smallest absolute Gasteiger partial charge is 0.251 e. The van der Waals surface area contributed by atoms with Crippen LogP contribution in [0.1, 0.15) is 59.8 Å². The van der Waals surface area contributed by atoms with Crippen LogP contribution < -0.4 is 5.32 Å². The minimum absolute atomic E-state index is 0.0367. The molecule has 2 aliphatic rings. The monoisotopic (exact) mass is 348 g/mol. The molecule has 2 unspecified atom stereocenters. The number of aromatic amines is 1. The molecule has 0 saturated heterocycles. The molecule has 1 amide bonds. The first-order chi connectivity index (χ1) is 12.8. The highest BCUT2D eigenvalue weighted by Gasteiger charge is 2.30. The second kappa shape index (κ2) is 6.31. The lowest BCUT2D eigenvalue weighted by atomic mass is 9.95. The van der Waals surface area contributed by atoms with E-state index in [1.165, 1.54) is 29.5 Å². The van der Waals surface area contributed by atoms with Gasteiger partial charge in [0.1, 0.15) is 0 Å². The number of aromatic nitrogens is 3. The zero-order valence-electron chi connectivity index (χ0n) is 14.9. The lowest BCUT2D eigenvalue weighted by Gasteiger charge is -2.22. The van der Waals surface area contributed by atoms with Crippen LogP contribution in [0.15, 0.2) is 36.9 Å². The lowest BCUT2D eigenvalue weighted by Crippen LogP contribution is -2.38. The largest absolute Gasteiger partial charge is 0.358 e. The molecule has 3 aromatic rings. The molecule has 0 spiro atoms. The maximum atomic E-state index is 12.9. The number of carbonyl (C=O) groups excluding carboxylic acids is 1. The Balaban J connectivity index is 1.40. The molecule has 2 aromatic heterocycles. The van der Waals surface area contributed by atoms with Crippen molar-refractivity contribution in [2.45, 2.75) is 57.0 Å². The number of H-pyrrole nitrogens is 1. The first-order valence-electron chi connectivity index (χ1n) is 9.71. The summed E-state index contributed by atoms with van der Waals surface area (Å²) < 4.78 is 2.13. The Kier molecular flexibility index (Phi) is 3.80. The first-order valence-corrected chi connectivity index (χ1v) is 9.71. The fourth-order valence-corrected chi connectivity index (χ4v) is 4.73. The van der Waals surface area contributed by atoms with Crippen molar-refractivity contribution >= 4 is 16.8 Å². The summed E-state index contributed by atoms with van der Waals surface area (Å²) in [6.45, 7) is 0. The summed E-state index contributed by atoms with van der Waals surface area (Å²) in [6, 6.07) is 6.57. The van der Waals surface area contributed by atoms with Crippen LogP contribution in [-0.4, -0.2) is 26.5 Å². The van der Waals surface area contributed by atoms with Crippen molar-refractivity contribution in [3.05, 3.63) is 53.7 Å². The van der Waals surface area contributed by atoms with Crippen LogP contribution in [0, 0.1) is 0 Å². The van der Waals surface area contributed by atoms with Crippen LogP contribution >= 0.6 is 0 Å². The van der Waals surface area contributed by atoms with Crippen LogP contribution in [0.25, 0.3) is 10.9 Å². The molecular weight excluding hydrogens is 324 g/mol. The Hall–Kier alpha value is -2.56. The van der Waals surface area contributed by atoms with E-state index in [1.54, 1.807) is 6.20 Å². The van der Waals surface area contributed by atoms with Crippen molar-refractivity contribution in [3.63, 3.8) is 0 Å². The minimum atomic E-state index is 0.0367. The summed E-state index contributed by atoms with van der Waals surface area (Å²) in [4.78, 5) is 20.6. The Labute approximate surface area is 152 Å². The number of nitrogens with one attached hydrogen (secondary N) is 2. The topological polar surface area (TPSA) is 62.7 Å². The van der Waals surface area contributed by atoms with E-state index in [1.807, 2.05) is 18.6 Å². The van der Waals surface area contributed by atoms with Gasteiger partial charge < -0.3 is 14.9 Å². The van der Waals surface area contributed by atoms with Crippen molar-refractivity contribution in [2.24, 2.45) is 0 Å². The molecular formula is C21H24N4O. The molecule has 5 heteroatoms. The molecule has 26 heavy (non-hydrogen) atoms. The third-order valence-electron chi connectivity index (χ3n) is 6.06. The summed E-state index contributed by atoms with van der Waals surface area (Å²) in [5.74, 6) is 0.0367. The quantitative estimate of drug-likeness (QED) is 0.757. The summed E-state index contributed by atoms with van der Waals surface area (Å²) in [5.41, 5.74) is 4.70. The van der Waals surface area contributed by atoms with Crippen molar-refractivity contribution in [2.75, 3.05) is 0 Å². The second-order valence-corrected chi connectivity index (χ2v) is 7.64. The van der Waals surface area contributed by atoms with Gasteiger partial charge >= 0.3 is 0 Å². The van der Waals surface area contributed by atoms with Crippen LogP contribution in [0.3, 0.4) is 0 Å². The van der Waals surface area contributed by atoms with Crippen molar-refractivity contribution in [1.29, 1.82) is 0 Å². The fourth-order valence-electron chi connectivity index (χ4n) is 4.73. The summed E-state index contributed by atoms with van der Waals surface area (Å²) in [7, 11) is 0. The van der Waals surface area contributed by atoms with Gasteiger partial charge in [0.05, 0.1) is 12.4 Å². The maximum Gasteiger partial charge on any atom is 0.251 e. The normalized spacial score (nSPS) is 22.5. The van der Waals surface area contributed by atoms with Gasteiger partial charge in [-0.15, -0.1) is 0 Å². The van der Waals surface area contributed by atoms with Crippen molar-refractivity contribution < 1.29 is 4.79 Å². The van der Waals surface area contributed by atoms with Gasteiger partial charge in [-0.05, 0) is 68.7 Å². The van der Waals surface area contributed by atoms with Crippen LogP contribution in [0.4, 0.5) is 0 Å². The third-order valence-corrected chi connectivity index (χ3v) is 6.06. The number of imidazole rings is 1. The SMILES string of the molecule is O=C(NC1CCCC1n1ccnc1)c1ccc2[nH]c3c(c2c1)CCCC3. The molecule has 0 aliphatic heterocycles. The molecule has 134 valence electrons. The van der Waals surface area contributed by atoms with Gasteiger partial charge in [0, 0.05) is 40.6 Å². The van der Waals surface area contributed by atoms with E-state index in [2.05, 4.69) is 32.0 Å². The van der Waals surface area contributed by atoms with E-state index < -0.39 is 0 Å². The number of nitrogens with zero attached hydrogens (tertiary/aromatic N) is 2. The molecule has 1 fully saturated rings. The number of carbonyl (C=O) groups is 1. The van der Waals surface area contributed by atoms with E-state index in [-0.39, 0.29) is 11.9 Å². The molecule has 2 heterocycles. The zero-order chi connectivity index (χ0) is 17.5. The molecule has 0 radical (unpaired) electrons. The summed E-state index contributed by atoms with van der Waals surface area (Å²) in [6.07, 6.45) is 13.6. The lowest BCUT2D eigenvalue weighted by molar-refractivity contribution is 0.0929. The number of fused-ring (bicyclic) bond motifs is 3. The predicted molar refractivity (Wildman–Crippen MR) is 101 cm³/mol. The van der Waals surface area contributed by atoms with E-state index in [4.69, 9.17) is 0 Å². The van der Waals surface area contributed by atoms with Gasteiger partial charge in [0.2, 0.25) is 0 Å². The molecule has 5 nitrogen and oxygen atoms in total. The van der Waals surface area contributed by atoms with Gasteiger partial charge in [-0.25, -0.2) is 4.98 Å². The van der Waals surface area contributed by atoms with Gasteiger partial charge in [-0.3, -0.25) is 4.79 Å². The second-order valence-electron chi connectivity index (χ2n) is 7.64.